The molecule has 0 aliphatic heterocycles. The summed E-state index contributed by atoms with van der Waals surface area (Å²) in [7, 11) is 0. The molecule has 0 aliphatic carbocycles. The van der Waals surface area contributed by atoms with E-state index < -0.39 is 0 Å². The number of aryl methyl sites for hydroxylation is 1. The van der Waals surface area contributed by atoms with E-state index in [1.807, 2.05) is 18.2 Å². The fourth-order valence-corrected chi connectivity index (χ4v) is 2.28. The lowest BCUT2D eigenvalue weighted by Crippen LogP contribution is -2.25. The van der Waals surface area contributed by atoms with Crippen LogP contribution in [-0.2, 0) is 6.54 Å². The molecule has 5 nitrogen and oxygen atoms in total. The van der Waals surface area contributed by atoms with Crippen molar-refractivity contribution in [1.29, 1.82) is 0 Å². The Bertz CT molecular complexity index is 572. The highest BCUT2D eigenvalue weighted by Gasteiger charge is 2.05. The standard InChI is InChI=1S/C14H22N4O/c1-3-15-12(2)8-4-7-11-18-14(19)17-10-6-5-9-13(17)16-18/h5-6,9-10,12,15H,3-4,7-8,11H2,1-2H3. The predicted octanol–water partition coefficient (Wildman–Crippen LogP) is 1.66. The molecular formula is C14H22N4O. The summed E-state index contributed by atoms with van der Waals surface area (Å²) in [6.07, 6.45) is 4.98. The number of hydrogen-bond donors (Lipinski definition) is 1. The van der Waals surface area contributed by atoms with Gasteiger partial charge >= 0.3 is 5.69 Å². The highest BCUT2D eigenvalue weighted by molar-refractivity contribution is 5.35. The Hall–Kier alpha value is -1.62. The average Bonchev–Trinajstić information content (AvgIpc) is 2.73. The molecule has 1 unspecified atom stereocenters. The number of unbranched alkanes of at least 4 members (excludes halogenated alkanes) is 1. The molecule has 2 rings (SSSR count). The molecule has 0 amide bonds. The van der Waals surface area contributed by atoms with Gasteiger partial charge < -0.3 is 5.32 Å². The van der Waals surface area contributed by atoms with Crippen LogP contribution in [0.15, 0.2) is 29.2 Å². The minimum Gasteiger partial charge on any atom is -0.315 e. The van der Waals surface area contributed by atoms with Crippen LogP contribution in [0.5, 0.6) is 0 Å². The molecule has 2 aromatic rings. The van der Waals surface area contributed by atoms with Crippen LogP contribution in [0.2, 0.25) is 0 Å². The van der Waals surface area contributed by atoms with E-state index in [2.05, 4.69) is 24.3 Å². The number of nitrogens with one attached hydrogen (secondary N) is 1. The van der Waals surface area contributed by atoms with Gasteiger partial charge in [-0.3, -0.25) is 4.40 Å². The number of fused-ring (bicyclic) bond motifs is 1. The molecule has 0 spiro atoms. The maximum atomic E-state index is 12.0. The highest BCUT2D eigenvalue weighted by atomic mass is 16.2. The fraction of sp³-hybridized carbons (Fsp3) is 0.571. The van der Waals surface area contributed by atoms with E-state index in [4.69, 9.17) is 0 Å². The van der Waals surface area contributed by atoms with Crippen LogP contribution in [0, 0.1) is 0 Å². The number of nitrogens with zero attached hydrogens (tertiary/aromatic N) is 3. The Morgan fingerprint density at radius 2 is 2.21 bits per heavy atom. The molecule has 19 heavy (non-hydrogen) atoms. The monoisotopic (exact) mass is 262 g/mol. The molecule has 0 aromatic carbocycles. The topological polar surface area (TPSA) is 51.3 Å². The quantitative estimate of drug-likeness (QED) is 0.772. The molecule has 0 saturated heterocycles. The Morgan fingerprint density at radius 3 is 2.95 bits per heavy atom. The predicted molar refractivity (Wildman–Crippen MR) is 76.4 cm³/mol. The molecule has 1 atom stereocenters. The van der Waals surface area contributed by atoms with Crippen LogP contribution in [0.25, 0.3) is 5.65 Å². The maximum Gasteiger partial charge on any atom is 0.350 e. The zero-order chi connectivity index (χ0) is 13.7. The third-order valence-electron chi connectivity index (χ3n) is 3.30. The van der Waals surface area contributed by atoms with Gasteiger partial charge in [-0.1, -0.05) is 19.4 Å². The first-order valence-corrected chi connectivity index (χ1v) is 7.00. The lowest BCUT2D eigenvalue weighted by atomic mass is 10.1. The lowest BCUT2D eigenvalue weighted by Gasteiger charge is -2.11. The van der Waals surface area contributed by atoms with Gasteiger partial charge in [-0.2, -0.15) is 0 Å². The van der Waals surface area contributed by atoms with Gasteiger partial charge in [0, 0.05) is 18.8 Å². The smallest absolute Gasteiger partial charge is 0.315 e. The second-order valence-corrected chi connectivity index (χ2v) is 4.89. The first-order valence-electron chi connectivity index (χ1n) is 7.00. The summed E-state index contributed by atoms with van der Waals surface area (Å²) in [6.45, 7) is 6.01. The molecule has 0 bridgehead atoms. The zero-order valence-electron chi connectivity index (χ0n) is 11.7. The van der Waals surface area contributed by atoms with Gasteiger partial charge in [-0.15, -0.1) is 5.10 Å². The van der Waals surface area contributed by atoms with Crippen LogP contribution in [0.3, 0.4) is 0 Å². The van der Waals surface area contributed by atoms with E-state index in [0.29, 0.717) is 18.2 Å². The Morgan fingerprint density at radius 1 is 1.37 bits per heavy atom. The number of rotatable bonds is 7. The van der Waals surface area contributed by atoms with Gasteiger partial charge in [0.05, 0.1) is 0 Å². The maximum absolute atomic E-state index is 12.0. The molecule has 1 N–H and O–H groups in total. The second-order valence-electron chi connectivity index (χ2n) is 4.89. The van der Waals surface area contributed by atoms with Gasteiger partial charge in [0.15, 0.2) is 5.65 Å². The normalized spacial score (nSPS) is 12.9. The van der Waals surface area contributed by atoms with Crippen LogP contribution in [-0.4, -0.2) is 26.8 Å². The van der Waals surface area contributed by atoms with E-state index in [1.54, 1.807) is 15.3 Å². The summed E-state index contributed by atoms with van der Waals surface area (Å²) < 4.78 is 3.15. The van der Waals surface area contributed by atoms with Crippen molar-refractivity contribution in [2.45, 2.75) is 45.7 Å². The third-order valence-corrected chi connectivity index (χ3v) is 3.30. The fourth-order valence-electron chi connectivity index (χ4n) is 2.28. The molecule has 0 aliphatic rings. The molecule has 0 fully saturated rings. The largest absolute Gasteiger partial charge is 0.350 e. The summed E-state index contributed by atoms with van der Waals surface area (Å²) in [5, 5.41) is 7.71. The molecule has 0 saturated carbocycles. The van der Waals surface area contributed by atoms with Crippen molar-refractivity contribution >= 4 is 5.65 Å². The van der Waals surface area contributed by atoms with Gasteiger partial charge in [-0.25, -0.2) is 9.48 Å². The van der Waals surface area contributed by atoms with Crippen LogP contribution in [0.4, 0.5) is 0 Å². The molecule has 104 valence electrons. The van der Waals surface area contributed by atoms with Crippen molar-refractivity contribution in [2.24, 2.45) is 0 Å². The molecule has 2 heterocycles. The highest BCUT2D eigenvalue weighted by Crippen LogP contribution is 2.02. The van der Waals surface area contributed by atoms with E-state index in [-0.39, 0.29) is 5.69 Å². The van der Waals surface area contributed by atoms with Crippen LogP contribution >= 0.6 is 0 Å². The van der Waals surface area contributed by atoms with E-state index >= 15 is 0 Å². The van der Waals surface area contributed by atoms with Gasteiger partial charge in [-0.05, 0) is 38.4 Å². The second kappa shape index (κ2) is 6.52. The number of pyridine rings is 1. The van der Waals surface area contributed by atoms with Gasteiger partial charge in [0.1, 0.15) is 0 Å². The molecule has 5 heteroatoms. The average molecular weight is 262 g/mol. The van der Waals surface area contributed by atoms with Crippen LogP contribution < -0.4 is 11.0 Å². The van der Waals surface area contributed by atoms with E-state index in [9.17, 15) is 4.79 Å². The lowest BCUT2D eigenvalue weighted by molar-refractivity contribution is 0.470. The Labute approximate surface area is 113 Å². The van der Waals surface area contributed by atoms with Crippen molar-refractivity contribution in [3.8, 4) is 0 Å². The molecule has 2 aromatic heterocycles. The van der Waals surface area contributed by atoms with Crippen molar-refractivity contribution < 1.29 is 0 Å². The summed E-state index contributed by atoms with van der Waals surface area (Å²) in [5.41, 5.74) is 0.670. The van der Waals surface area contributed by atoms with Crippen molar-refractivity contribution in [3.05, 3.63) is 34.9 Å². The van der Waals surface area contributed by atoms with Crippen molar-refractivity contribution in [3.63, 3.8) is 0 Å². The van der Waals surface area contributed by atoms with E-state index in [1.165, 1.54) is 0 Å². The first-order chi connectivity index (χ1) is 9.22. The zero-order valence-corrected chi connectivity index (χ0v) is 11.7. The SMILES string of the molecule is CCNC(C)CCCCn1nc2ccccn2c1=O. The van der Waals surface area contributed by atoms with Crippen molar-refractivity contribution in [2.75, 3.05) is 6.54 Å². The van der Waals surface area contributed by atoms with Crippen LogP contribution in [0.1, 0.15) is 33.1 Å². The van der Waals surface area contributed by atoms with Crippen molar-refractivity contribution in [1.82, 2.24) is 19.5 Å². The van der Waals surface area contributed by atoms with Gasteiger partial charge in [0.25, 0.3) is 0 Å². The number of hydrogen-bond acceptors (Lipinski definition) is 3. The van der Waals surface area contributed by atoms with Gasteiger partial charge in [0.2, 0.25) is 0 Å². The molecule has 0 radical (unpaired) electrons. The summed E-state index contributed by atoms with van der Waals surface area (Å²) in [5.74, 6) is 0. The Kier molecular flexibility index (Phi) is 4.74. The number of aromatic nitrogens is 3. The summed E-state index contributed by atoms with van der Waals surface area (Å²) >= 11 is 0. The first kappa shape index (κ1) is 13.8. The van der Waals surface area contributed by atoms with E-state index in [0.717, 1.165) is 25.8 Å². The Balaban J connectivity index is 1.88. The molecular weight excluding hydrogens is 240 g/mol. The summed E-state index contributed by atoms with van der Waals surface area (Å²) in [6, 6.07) is 6.14. The minimum atomic E-state index is -0.0460. The third kappa shape index (κ3) is 3.44. The minimum absolute atomic E-state index is 0.0460. The summed E-state index contributed by atoms with van der Waals surface area (Å²) in [4.78, 5) is 12.0.